The zero-order valence-corrected chi connectivity index (χ0v) is 10.4. The lowest BCUT2D eigenvalue weighted by atomic mass is 10.2. The largest absolute Gasteiger partial charge is 0.479 e. The van der Waals surface area contributed by atoms with Gasteiger partial charge in [-0.1, -0.05) is 24.4 Å². The van der Waals surface area contributed by atoms with Crippen molar-refractivity contribution < 1.29 is 9.53 Å². The van der Waals surface area contributed by atoms with Gasteiger partial charge in [-0.15, -0.1) is 0 Å². The van der Waals surface area contributed by atoms with E-state index in [1.807, 2.05) is 24.3 Å². The van der Waals surface area contributed by atoms with Gasteiger partial charge in [-0.05, 0) is 19.1 Å². The maximum Gasteiger partial charge on any atom is 0.267 e. The predicted molar refractivity (Wildman–Crippen MR) is 70.3 cm³/mol. The first-order valence-corrected chi connectivity index (χ1v) is 5.86. The van der Waals surface area contributed by atoms with E-state index in [-0.39, 0.29) is 5.91 Å². The molecule has 17 heavy (non-hydrogen) atoms. The number of nitrogens with zero attached hydrogens (tertiary/aromatic N) is 1. The third-order valence-corrected chi connectivity index (χ3v) is 2.86. The van der Waals surface area contributed by atoms with Crippen LogP contribution in [0.15, 0.2) is 24.3 Å². The zero-order chi connectivity index (χ0) is 12.4. The highest BCUT2D eigenvalue weighted by Gasteiger charge is 2.30. The van der Waals surface area contributed by atoms with Crippen LogP contribution >= 0.6 is 12.2 Å². The summed E-state index contributed by atoms with van der Waals surface area (Å²) in [6, 6.07) is 7.47. The maximum absolute atomic E-state index is 12.0. The molecular weight excluding hydrogens is 236 g/mol. The molecule has 0 aromatic heterocycles. The Hall–Kier alpha value is -1.62. The Morgan fingerprint density at radius 1 is 1.53 bits per heavy atom. The number of ether oxygens (including phenoxy) is 1. The van der Waals surface area contributed by atoms with Gasteiger partial charge in [-0.25, -0.2) is 0 Å². The minimum Gasteiger partial charge on any atom is -0.479 e. The molecule has 5 heteroatoms. The Bertz CT molecular complexity index is 462. The average molecular weight is 250 g/mol. The van der Waals surface area contributed by atoms with Crippen LogP contribution < -0.4 is 15.4 Å². The van der Waals surface area contributed by atoms with Crippen molar-refractivity contribution in [2.24, 2.45) is 5.73 Å². The third kappa shape index (κ3) is 2.39. The molecule has 0 bridgehead atoms. The lowest BCUT2D eigenvalue weighted by molar-refractivity contribution is -0.125. The lowest BCUT2D eigenvalue weighted by Gasteiger charge is -2.32. The molecule has 1 aliphatic heterocycles. The Morgan fingerprint density at radius 2 is 2.24 bits per heavy atom. The molecule has 1 aliphatic rings. The van der Waals surface area contributed by atoms with Crippen LogP contribution in [-0.4, -0.2) is 23.5 Å². The summed E-state index contributed by atoms with van der Waals surface area (Å²) < 4.78 is 5.53. The molecule has 1 unspecified atom stereocenters. The van der Waals surface area contributed by atoms with Crippen LogP contribution in [0.3, 0.4) is 0 Å². The maximum atomic E-state index is 12.0. The Balaban J connectivity index is 2.28. The Morgan fingerprint density at radius 3 is 2.94 bits per heavy atom. The summed E-state index contributed by atoms with van der Waals surface area (Å²) in [6.45, 7) is 2.24. The average Bonchev–Trinajstić information content (AvgIpc) is 2.29. The van der Waals surface area contributed by atoms with E-state index in [1.54, 1.807) is 11.8 Å². The Labute approximate surface area is 105 Å². The number of amides is 1. The highest BCUT2D eigenvalue weighted by Crippen LogP contribution is 2.33. The van der Waals surface area contributed by atoms with Crippen molar-refractivity contribution in [1.29, 1.82) is 0 Å². The van der Waals surface area contributed by atoms with Crippen molar-refractivity contribution in [1.82, 2.24) is 0 Å². The van der Waals surface area contributed by atoms with E-state index in [0.717, 1.165) is 11.4 Å². The molecule has 90 valence electrons. The SMILES string of the molecule is CC1Oc2ccccc2N(CCC(N)=S)C1=O. The van der Waals surface area contributed by atoms with Gasteiger partial charge in [-0.3, -0.25) is 4.79 Å². The van der Waals surface area contributed by atoms with E-state index in [4.69, 9.17) is 22.7 Å². The number of anilines is 1. The molecule has 1 amide bonds. The number of rotatable bonds is 3. The fourth-order valence-corrected chi connectivity index (χ4v) is 1.90. The van der Waals surface area contributed by atoms with Gasteiger partial charge in [0.15, 0.2) is 6.10 Å². The van der Waals surface area contributed by atoms with E-state index in [9.17, 15) is 4.79 Å². The number of carbonyl (C=O) groups is 1. The molecule has 4 nitrogen and oxygen atoms in total. The standard InChI is InChI=1S/C12H14N2O2S/c1-8-12(15)14(7-6-11(13)17)9-4-2-3-5-10(9)16-8/h2-5,8H,6-7H2,1H3,(H2,13,17). The van der Waals surface area contributed by atoms with Crippen LogP contribution in [-0.2, 0) is 4.79 Å². The predicted octanol–water partition coefficient (Wildman–Crippen LogP) is 1.48. The van der Waals surface area contributed by atoms with Crippen molar-refractivity contribution in [2.75, 3.05) is 11.4 Å². The molecule has 1 heterocycles. The smallest absolute Gasteiger partial charge is 0.267 e. The minimum atomic E-state index is -0.462. The molecule has 2 rings (SSSR count). The molecule has 0 aliphatic carbocycles. The molecule has 1 atom stereocenters. The second-order valence-electron chi connectivity index (χ2n) is 3.93. The first-order valence-electron chi connectivity index (χ1n) is 5.45. The van der Waals surface area contributed by atoms with Crippen LogP contribution in [0.1, 0.15) is 13.3 Å². The van der Waals surface area contributed by atoms with Gasteiger partial charge < -0.3 is 15.4 Å². The van der Waals surface area contributed by atoms with Crippen molar-refractivity contribution in [2.45, 2.75) is 19.4 Å². The first-order chi connectivity index (χ1) is 8.09. The molecule has 0 fully saturated rings. The fraction of sp³-hybridized carbons (Fsp3) is 0.333. The molecule has 1 aromatic carbocycles. The van der Waals surface area contributed by atoms with Gasteiger partial charge in [0.25, 0.3) is 5.91 Å². The van der Waals surface area contributed by atoms with Crippen molar-refractivity contribution in [3.63, 3.8) is 0 Å². The second-order valence-corrected chi connectivity index (χ2v) is 4.46. The second kappa shape index (κ2) is 4.71. The molecule has 0 saturated carbocycles. The van der Waals surface area contributed by atoms with Gasteiger partial charge in [0.1, 0.15) is 5.75 Å². The van der Waals surface area contributed by atoms with E-state index in [1.165, 1.54) is 0 Å². The van der Waals surface area contributed by atoms with Gasteiger partial charge in [0.05, 0.1) is 10.7 Å². The third-order valence-electron chi connectivity index (χ3n) is 2.66. The summed E-state index contributed by atoms with van der Waals surface area (Å²) in [5.74, 6) is 0.669. The van der Waals surface area contributed by atoms with Crippen molar-refractivity contribution in [3.8, 4) is 5.75 Å². The normalized spacial score (nSPS) is 18.5. The first kappa shape index (κ1) is 11.9. The van der Waals surface area contributed by atoms with E-state index in [0.29, 0.717) is 18.0 Å². The summed E-state index contributed by atoms with van der Waals surface area (Å²) in [4.78, 5) is 14.1. The van der Waals surface area contributed by atoms with Crippen LogP contribution in [0, 0.1) is 0 Å². The van der Waals surface area contributed by atoms with Crippen LogP contribution in [0.25, 0.3) is 0 Å². The summed E-state index contributed by atoms with van der Waals surface area (Å²) >= 11 is 4.84. The van der Waals surface area contributed by atoms with Crippen LogP contribution in [0.4, 0.5) is 5.69 Å². The fourth-order valence-electron chi connectivity index (χ4n) is 1.81. The molecular formula is C12H14N2O2S. The summed E-state index contributed by atoms with van der Waals surface area (Å²) in [5.41, 5.74) is 6.26. The minimum absolute atomic E-state index is 0.0556. The monoisotopic (exact) mass is 250 g/mol. The van der Waals surface area contributed by atoms with E-state index < -0.39 is 6.10 Å². The summed E-state index contributed by atoms with van der Waals surface area (Å²) in [6.07, 6.45) is 0.0542. The number of hydrogen-bond acceptors (Lipinski definition) is 3. The number of carbonyl (C=O) groups excluding carboxylic acids is 1. The number of fused-ring (bicyclic) bond motifs is 1. The van der Waals surface area contributed by atoms with Gasteiger partial charge >= 0.3 is 0 Å². The number of para-hydroxylation sites is 2. The van der Waals surface area contributed by atoms with E-state index in [2.05, 4.69) is 0 Å². The summed E-state index contributed by atoms with van der Waals surface area (Å²) in [7, 11) is 0. The van der Waals surface area contributed by atoms with Gasteiger partial charge in [0, 0.05) is 13.0 Å². The zero-order valence-electron chi connectivity index (χ0n) is 9.55. The topological polar surface area (TPSA) is 55.6 Å². The molecule has 0 spiro atoms. The Kier molecular flexibility index (Phi) is 3.28. The number of thiocarbonyl (C=S) groups is 1. The number of nitrogens with two attached hydrogens (primary N) is 1. The molecule has 2 N–H and O–H groups in total. The van der Waals surface area contributed by atoms with E-state index >= 15 is 0 Å². The molecule has 0 radical (unpaired) electrons. The van der Waals surface area contributed by atoms with Gasteiger partial charge in [-0.2, -0.15) is 0 Å². The van der Waals surface area contributed by atoms with Crippen molar-refractivity contribution >= 4 is 28.8 Å². The highest BCUT2D eigenvalue weighted by molar-refractivity contribution is 7.80. The molecule has 1 aromatic rings. The number of hydrogen-bond donors (Lipinski definition) is 1. The summed E-state index contributed by atoms with van der Waals surface area (Å²) in [5, 5.41) is 0. The van der Waals surface area contributed by atoms with Crippen molar-refractivity contribution in [3.05, 3.63) is 24.3 Å². The highest BCUT2D eigenvalue weighted by atomic mass is 32.1. The number of benzene rings is 1. The molecule has 0 saturated heterocycles. The van der Waals surface area contributed by atoms with Crippen LogP contribution in [0.2, 0.25) is 0 Å². The lowest BCUT2D eigenvalue weighted by Crippen LogP contribution is -2.45. The quantitative estimate of drug-likeness (QED) is 0.826. The van der Waals surface area contributed by atoms with Crippen LogP contribution in [0.5, 0.6) is 5.75 Å². The van der Waals surface area contributed by atoms with Gasteiger partial charge in [0.2, 0.25) is 0 Å².